The van der Waals surface area contributed by atoms with Crippen molar-refractivity contribution in [3.05, 3.63) is 87.8 Å². The Bertz CT molecular complexity index is 1770. The monoisotopic (exact) mass is 706 g/mol. The highest BCUT2D eigenvalue weighted by Gasteiger charge is 2.45. The van der Waals surface area contributed by atoms with E-state index in [1.165, 1.54) is 0 Å². The first-order valence-electron chi connectivity index (χ1n) is 15.0. The lowest BCUT2D eigenvalue weighted by Gasteiger charge is -2.27. The Hall–Kier alpha value is -3.41. The highest BCUT2D eigenvalue weighted by Crippen LogP contribution is 2.39. The van der Waals surface area contributed by atoms with Crippen molar-refractivity contribution in [3.8, 4) is 0 Å². The van der Waals surface area contributed by atoms with Gasteiger partial charge in [-0.2, -0.15) is 0 Å². The van der Waals surface area contributed by atoms with Crippen molar-refractivity contribution in [1.82, 2.24) is 19.4 Å². The molecule has 0 spiro atoms. The SMILES string of the molecule is CCN1C(=O)C(C)(C)C(=O)N(C)c2cc(CN(CCn3ccc4oc(C)cc4c3=O)Cc3cccnc3CN(C)C)ccc21.Cl.Cl.Cl. The summed E-state index contributed by atoms with van der Waals surface area (Å²) < 4.78 is 7.38. The van der Waals surface area contributed by atoms with Crippen LogP contribution in [0.2, 0.25) is 0 Å². The average molecular weight is 708 g/mol. The molecule has 10 nitrogen and oxygen atoms in total. The molecule has 4 heterocycles. The van der Waals surface area contributed by atoms with E-state index < -0.39 is 5.41 Å². The van der Waals surface area contributed by atoms with Crippen LogP contribution in [-0.4, -0.2) is 65.4 Å². The summed E-state index contributed by atoms with van der Waals surface area (Å²) in [4.78, 5) is 52.3. The summed E-state index contributed by atoms with van der Waals surface area (Å²) in [5, 5.41) is 0.577. The minimum atomic E-state index is -1.17. The van der Waals surface area contributed by atoms with Crippen molar-refractivity contribution < 1.29 is 14.0 Å². The van der Waals surface area contributed by atoms with Crippen LogP contribution in [0.1, 0.15) is 43.4 Å². The van der Waals surface area contributed by atoms with E-state index >= 15 is 0 Å². The Kier molecular flexibility index (Phi) is 13.6. The van der Waals surface area contributed by atoms with Crippen LogP contribution in [-0.2, 0) is 35.8 Å². The predicted molar refractivity (Wildman–Crippen MR) is 194 cm³/mol. The van der Waals surface area contributed by atoms with Gasteiger partial charge in [-0.05, 0) is 83.2 Å². The molecule has 47 heavy (non-hydrogen) atoms. The molecule has 3 aromatic heterocycles. The first-order valence-corrected chi connectivity index (χ1v) is 15.0. The first-order chi connectivity index (χ1) is 20.9. The maximum absolute atomic E-state index is 13.4. The largest absolute Gasteiger partial charge is 0.461 e. The van der Waals surface area contributed by atoms with Crippen LogP contribution in [0, 0.1) is 12.3 Å². The van der Waals surface area contributed by atoms with E-state index in [1.54, 1.807) is 47.5 Å². The van der Waals surface area contributed by atoms with Crippen molar-refractivity contribution in [2.24, 2.45) is 5.41 Å². The molecule has 2 amide bonds. The predicted octanol–water partition coefficient (Wildman–Crippen LogP) is 5.68. The van der Waals surface area contributed by atoms with E-state index in [4.69, 9.17) is 4.42 Å². The molecule has 1 aliphatic rings. The molecule has 0 N–H and O–H groups in total. The quantitative estimate of drug-likeness (QED) is 0.196. The van der Waals surface area contributed by atoms with Gasteiger partial charge in [0.2, 0.25) is 11.8 Å². The van der Waals surface area contributed by atoms with Gasteiger partial charge in [0.15, 0.2) is 0 Å². The molecule has 0 bridgehead atoms. The van der Waals surface area contributed by atoms with Crippen LogP contribution in [0.5, 0.6) is 0 Å². The third-order valence-corrected chi connectivity index (χ3v) is 8.32. The molecule has 0 atom stereocenters. The normalized spacial score (nSPS) is 14.1. The number of carbonyl (C=O) groups is 2. The summed E-state index contributed by atoms with van der Waals surface area (Å²) in [6.07, 6.45) is 3.60. The number of hydrogen-bond donors (Lipinski definition) is 0. The minimum absolute atomic E-state index is 0. The topological polar surface area (TPSA) is 95.1 Å². The fraction of sp³-hybridized carbons (Fsp3) is 0.412. The minimum Gasteiger partial charge on any atom is -0.461 e. The molecule has 0 saturated carbocycles. The lowest BCUT2D eigenvalue weighted by Crippen LogP contribution is -2.47. The van der Waals surface area contributed by atoms with Gasteiger partial charge in [-0.25, -0.2) is 0 Å². The van der Waals surface area contributed by atoms with E-state index in [9.17, 15) is 14.4 Å². The van der Waals surface area contributed by atoms with E-state index in [0.717, 1.165) is 22.5 Å². The highest BCUT2D eigenvalue weighted by atomic mass is 35.5. The van der Waals surface area contributed by atoms with Gasteiger partial charge >= 0.3 is 0 Å². The second-order valence-electron chi connectivity index (χ2n) is 12.4. The van der Waals surface area contributed by atoms with Crippen LogP contribution in [0.3, 0.4) is 0 Å². The molecule has 0 saturated heterocycles. The molecule has 4 aromatic rings. The number of furan rings is 1. The van der Waals surface area contributed by atoms with Gasteiger partial charge in [0.05, 0.1) is 22.5 Å². The number of amides is 2. The molecule has 1 aromatic carbocycles. The fourth-order valence-electron chi connectivity index (χ4n) is 5.94. The number of pyridine rings is 2. The number of aryl methyl sites for hydroxylation is 1. The fourth-order valence-corrected chi connectivity index (χ4v) is 5.94. The number of carbonyl (C=O) groups excluding carboxylic acids is 2. The van der Waals surface area contributed by atoms with Gasteiger partial charge in [0, 0.05) is 58.7 Å². The van der Waals surface area contributed by atoms with Crippen LogP contribution in [0.25, 0.3) is 11.0 Å². The van der Waals surface area contributed by atoms with Gasteiger partial charge in [0.25, 0.3) is 5.56 Å². The van der Waals surface area contributed by atoms with Crippen molar-refractivity contribution in [3.63, 3.8) is 0 Å². The first kappa shape index (κ1) is 39.8. The number of rotatable bonds is 10. The Morgan fingerprint density at radius 3 is 2.32 bits per heavy atom. The third-order valence-electron chi connectivity index (χ3n) is 8.32. The van der Waals surface area contributed by atoms with Gasteiger partial charge in [0.1, 0.15) is 16.8 Å². The Labute approximate surface area is 294 Å². The van der Waals surface area contributed by atoms with E-state index in [1.807, 2.05) is 64.5 Å². The molecule has 1 aliphatic heterocycles. The molecule has 13 heteroatoms. The summed E-state index contributed by atoms with van der Waals surface area (Å²) in [6.45, 7) is 10.6. The zero-order valence-electron chi connectivity index (χ0n) is 28.0. The van der Waals surface area contributed by atoms with Crippen LogP contribution < -0.4 is 15.4 Å². The number of hydrogen-bond acceptors (Lipinski definition) is 7. The molecular formula is C34H45Cl3N6O4. The Balaban J connectivity index is 0.00000256. The zero-order chi connectivity index (χ0) is 31.8. The van der Waals surface area contributed by atoms with Gasteiger partial charge in [-0.3, -0.25) is 24.3 Å². The van der Waals surface area contributed by atoms with Gasteiger partial charge in [-0.15, -0.1) is 37.2 Å². The molecule has 0 unspecified atom stereocenters. The van der Waals surface area contributed by atoms with Crippen molar-refractivity contribution >= 4 is 71.4 Å². The third kappa shape index (κ3) is 8.18. The van der Waals surface area contributed by atoms with E-state index in [0.29, 0.717) is 61.7 Å². The van der Waals surface area contributed by atoms with Gasteiger partial charge in [-0.1, -0.05) is 12.1 Å². The number of nitrogens with zero attached hydrogens (tertiary/aromatic N) is 6. The van der Waals surface area contributed by atoms with Crippen molar-refractivity contribution in [2.75, 3.05) is 44.0 Å². The second-order valence-corrected chi connectivity index (χ2v) is 12.4. The summed E-state index contributed by atoms with van der Waals surface area (Å²) >= 11 is 0. The summed E-state index contributed by atoms with van der Waals surface area (Å²) in [5.41, 5.74) is 3.90. The van der Waals surface area contributed by atoms with E-state index in [-0.39, 0.29) is 54.6 Å². The van der Waals surface area contributed by atoms with Crippen LogP contribution in [0.15, 0.2) is 64.1 Å². The lowest BCUT2D eigenvalue weighted by molar-refractivity contribution is -0.137. The summed E-state index contributed by atoms with van der Waals surface area (Å²) in [7, 11) is 5.78. The smallest absolute Gasteiger partial charge is 0.261 e. The number of anilines is 2. The number of fused-ring (bicyclic) bond motifs is 2. The van der Waals surface area contributed by atoms with Gasteiger partial charge < -0.3 is 23.7 Å². The number of halogens is 3. The molecule has 0 fully saturated rings. The molecule has 0 aliphatic carbocycles. The molecule has 5 rings (SSSR count). The standard InChI is InChI=1S/C34H42N6O4.3ClH/c1-8-40-28-12-11-24(19-29(28)37(7)32(42)34(3,4)33(40)43)20-38(21-25-10-9-14-35-27(25)22-36(5)6)16-17-39-15-13-30-26(31(39)41)18-23(2)44-30;;;/h9-15,18-19H,8,16-17,20-22H2,1-7H3;3*1H. The highest BCUT2D eigenvalue weighted by molar-refractivity contribution is 6.19. The molecular weight excluding hydrogens is 663 g/mol. The number of benzene rings is 1. The van der Waals surface area contributed by atoms with Crippen LogP contribution >= 0.6 is 37.2 Å². The van der Waals surface area contributed by atoms with Crippen LogP contribution in [0.4, 0.5) is 11.4 Å². The van der Waals surface area contributed by atoms with Crippen molar-refractivity contribution in [1.29, 1.82) is 0 Å². The molecule has 256 valence electrons. The Morgan fingerprint density at radius 2 is 1.64 bits per heavy atom. The summed E-state index contributed by atoms with van der Waals surface area (Å²) in [6, 6.07) is 13.6. The summed E-state index contributed by atoms with van der Waals surface area (Å²) in [5.74, 6) is 0.270. The van der Waals surface area contributed by atoms with Crippen molar-refractivity contribution in [2.45, 2.75) is 53.9 Å². The second kappa shape index (κ2) is 16.1. The lowest BCUT2D eigenvalue weighted by atomic mass is 9.90. The maximum atomic E-state index is 13.4. The van der Waals surface area contributed by atoms with E-state index in [2.05, 4.69) is 20.9 Å². The zero-order valence-corrected chi connectivity index (χ0v) is 30.4. The number of aromatic nitrogens is 2. The molecule has 0 radical (unpaired) electrons. The average Bonchev–Trinajstić information content (AvgIpc) is 3.36. The Morgan fingerprint density at radius 1 is 0.915 bits per heavy atom. The maximum Gasteiger partial charge on any atom is 0.261 e.